The third-order valence-corrected chi connectivity index (χ3v) is 5.49. The highest BCUT2D eigenvalue weighted by Gasteiger charge is 2.22. The second kappa shape index (κ2) is 9.88. The molecule has 154 valence electrons. The average molecular weight is 393 g/mol. The van der Waals surface area contributed by atoms with Crippen molar-refractivity contribution in [2.24, 2.45) is 5.73 Å². The summed E-state index contributed by atoms with van der Waals surface area (Å²) in [6.07, 6.45) is 7.56. The molecular formula is C25H32N2O2. The van der Waals surface area contributed by atoms with Gasteiger partial charge in [0.2, 0.25) is 0 Å². The summed E-state index contributed by atoms with van der Waals surface area (Å²) in [7, 11) is 3.46. The first-order valence-electron chi connectivity index (χ1n) is 10.1. The van der Waals surface area contributed by atoms with Gasteiger partial charge in [0.25, 0.3) is 0 Å². The molecule has 1 aliphatic carbocycles. The van der Waals surface area contributed by atoms with E-state index in [-0.39, 0.29) is 5.60 Å². The Labute approximate surface area is 174 Å². The highest BCUT2D eigenvalue weighted by Crippen LogP contribution is 2.25. The highest BCUT2D eigenvalue weighted by molar-refractivity contribution is 5.31. The lowest BCUT2D eigenvalue weighted by molar-refractivity contribution is 0.0500. The van der Waals surface area contributed by atoms with Crippen molar-refractivity contribution >= 4 is 0 Å². The van der Waals surface area contributed by atoms with Gasteiger partial charge in [0, 0.05) is 33.3 Å². The summed E-state index contributed by atoms with van der Waals surface area (Å²) >= 11 is 0. The summed E-state index contributed by atoms with van der Waals surface area (Å²) in [5.41, 5.74) is 10.7. The van der Waals surface area contributed by atoms with Crippen LogP contribution in [-0.4, -0.2) is 31.3 Å². The molecule has 0 radical (unpaired) electrons. The van der Waals surface area contributed by atoms with Crippen LogP contribution in [-0.2, 0) is 24.4 Å². The Morgan fingerprint density at radius 1 is 0.966 bits per heavy atom. The van der Waals surface area contributed by atoms with Gasteiger partial charge in [-0.3, -0.25) is 4.90 Å². The lowest BCUT2D eigenvalue weighted by Crippen LogP contribution is -2.29. The fraction of sp³-hybridized carbons (Fsp3) is 0.360. The van der Waals surface area contributed by atoms with Crippen molar-refractivity contribution in [2.45, 2.75) is 38.6 Å². The van der Waals surface area contributed by atoms with Gasteiger partial charge in [0.1, 0.15) is 5.75 Å². The fourth-order valence-electron chi connectivity index (χ4n) is 3.55. The molecule has 4 heteroatoms. The van der Waals surface area contributed by atoms with E-state index in [0.717, 1.165) is 31.8 Å². The number of nitrogens with two attached hydrogens (primary N) is 1. The maximum Gasteiger partial charge on any atom is 0.118 e. The fourth-order valence-corrected chi connectivity index (χ4v) is 3.55. The molecule has 0 heterocycles. The molecule has 1 unspecified atom stereocenters. The van der Waals surface area contributed by atoms with E-state index in [4.69, 9.17) is 15.2 Å². The highest BCUT2D eigenvalue weighted by atomic mass is 16.5. The molecule has 0 saturated heterocycles. The lowest BCUT2D eigenvalue weighted by atomic mass is 9.93. The molecule has 2 aromatic rings. The minimum Gasteiger partial charge on any atom is -0.497 e. The maximum absolute atomic E-state index is 5.83. The van der Waals surface area contributed by atoms with Crippen LogP contribution in [0.4, 0.5) is 0 Å². The molecule has 1 aliphatic rings. The number of methoxy groups -OCH3 is 2. The summed E-state index contributed by atoms with van der Waals surface area (Å²) in [6, 6.07) is 16.9. The number of rotatable bonds is 9. The van der Waals surface area contributed by atoms with Crippen molar-refractivity contribution in [2.75, 3.05) is 20.8 Å². The monoisotopic (exact) mass is 392 g/mol. The first kappa shape index (κ1) is 21.3. The average Bonchev–Trinajstić information content (AvgIpc) is 2.76. The minimum absolute atomic E-state index is 0.195. The molecule has 0 amide bonds. The Kier molecular flexibility index (Phi) is 7.26. The standard InChI is InChI=1S/C25H32N2O2/c1-25(29-3)13-11-21(12-14-25)18-27(17-20-7-9-24(28-2)10-8-20)19-23-6-4-5-22(15-23)16-26/h4-13,15H,14,16-19,26H2,1-3H3. The lowest BCUT2D eigenvalue weighted by Gasteiger charge is -2.29. The topological polar surface area (TPSA) is 47.7 Å². The Morgan fingerprint density at radius 2 is 1.69 bits per heavy atom. The van der Waals surface area contributed by atoms with Crippen LogP contribution in [0.2, 0.25) is 0 Å². The molecule has 1 atom stereocenters. The zero-order valence-electron chi connectivity index (χ0n) is 17.7. The van der Waals surface area contributed by atoms with Crippen molar-refractivity contribution in [3.8, 4) is 5.75 Å². The van der Waals surface area contributed by atoms with Gasteiger partial charge >= 0.3 is 0 Å². The van der Waals surface area contributed by atoms with Gasteiger partial charge in [-0.05, 0) is 47.7 Å². The molecule has 0 fully saturated rings. The number of nitrogens with zero attached hydrogens (tertiary/aromatic N) is 1. The number of hydrogen-bond acceptors (Lipinski definition) is 4. The number of hydrogen-bond donors (Lipinski definition) is 1. The first-order chi connectivity index (χ1) is 14.0. The predicted octanol–water partition coefficient (Wildman–Crippen LogP) is 4.45. The van der Waals surface area contributed by atoms with Gasteiger partial charge in [0.05, 0.1) is 12.7 Å². The van der Waals surface area contributed by atoms with Gasteiger partial charge < -0.3 is 15.2 Å². The minimum atomic E-state index is -0.195. The maximum atomic E-state index is 5.83. The number of benzene rings is 2. The van der Waals surface area contributed by atoms with E-state index in [2.05, 4.69) is 66.4 Å². The largest absolute Gasteiger partial charge is 0.497 e. The van der Waals surface area contributed by atoms with E-state index < -0.39 is 0 Å². The molecule has 2 aromatic carbocycles. The zero-order valence-corrected chi connectivity index (χ0v) is 17.7. The van der Waals surface area contributed by atoms with Crippen molar-refractivity contribution in [1.82, 2.24) is 4.90 Å². The summed E-state index contributed by atoms with van der Waals surface area (Å²) < 4.78 is 10.9. The molecule has 29 heavy (non-hydrogen) atoms. The van der Waals surface area contributed by atoms with E-state index >= 15 is 0 Å². The van der Waals surface area contributed by atoms with Gasteiger partial charge in [-0.1, -0.05) is 54.6 Å². The molecule has 0 aromatic heterocycles. The van der Waals surface area contributed by atoms with E-state index in [1.54, 1.807) is 14.2 Å². The van der Waals surface area contributed by atoms with E-state index in [1.165, 1.54) is 22.3 Å². The summed E-state index contributed by atoms with van der Waals surface area (Å²) in [4.78, 5) is 2.46. The molecule has 0 spiro atoms. The van der Waals surface area contributed by atoms with Crippen molar-refractivity contribution < 1.29 is 9.47 Å². The third-order valence-electron chi connectivity index (χ3n) is 5.49. The first-order valence-corrected chi connectivity index (χ1v) is 10.1. The van der Waals surface area contributed by atoms with Crippen LogP contribution in [0.15, 0.2) is 72.3 Å². The molecule has 2 N–H and O–H groups in total. The second-order valence-corrected chi connectivity index (χ2v) is 7.85. The SMILES string of the molecule is COc1ccc(CN(CC2=CCC(C)(OC)C=C2)Cc2cccc(CN)c2)cc1. The van der Waals surface area contributed by atoms with E-state index in [0.29, 0.717) is 6.54 Å². The molecular weight excluding hydrogens is 360 g/mol. The quantitative estimate of drug-likeness (QED) is 0.685. The smallest absolute Gasteiger partial charge is 0.118 e. The van der Waals surface area contributed by atoms with Crippen LogP contribution in [0.1, 0.15) is 30.0 Å². The summed E-state index contributed by atoms with van der Waals surface area (Å²) in [5.74, 6) is 0.882. The molecule has 0 bridgehead atoms. The van der Waals surface area contributed by atoms with Crippen molar-refractivity contribution in [3.63, 3.8) is 0 Å². The van der Waals surface area contributed by atoms with Crippen molar-refractivity contribution in [1.29, 1.82) is 0 Å². The molecule has 4 nitrogen and oxygen atoms in total. The molecule has 0 aliphatic heterocycles. The number of ether oxygens (including phenoxy) is 2. The van der Waals surface area contributed by atoms with Crippen LogP contribution in [0.25, 0.3) is 0 Å². The van der Waals surface area contributed by atoms with Gasteiger partial charge in [-0.25, -0.2) is 0 Å². The Morgan fingerprint density at radius 3 is 2.31 bits per heavy atom. The van der Waals surface area contributed by atoms with Gasteiger partial charge in [-0.15, -0.1) is 0 Å². The van der Waals surface area contributed by atoms with Crippen LogP contribution in [0.5, 0.6) is 5.75 Å². The van der Waals surface area contributed by atoms with Crippen LogP contribution in [0.3, 0.4) is 0 Å². The Hall–Kier alpha value is -2.40. The van der Waals surface area contributed by atoms with Crippen LogP contribution < -0.4 is 10.5 Å². The van der Waals surface area contributed by atoms with Crippen molar-refractivity contribution in [3.05, 3.63) is 89.0 Å². The third kappa shape index (κ3) is 6.04. The van der Waals surface area contributed by atoms with E-state index in [1.807, 2.05) is 12.1 Å². The predicted molar refractivity (Wildman–Crippen MR) is 119 cm³/mol. The van der Waals surface area contributed by atoms with E-state index in [9.17, 15) is 0 Å². The van der Waals surface area contributed by atoms with Crippen LogP contribution >= 0.6 is 0 Å². The molecule has 0 saturated carbocycles. The normalized spacial score (nSPS) is 18.7. The summed E-state index contributed by atoms with van der Waals surface area (Å²) in [5, 5.41) is 0. The Balaban J connectivity index is 1.76. The van der Waals surface area contributed by atoms with Gasteiger partial charge in [-0.2, -0.15) is 0 Å². The second-order valence-electron chi connectivity index (χ2n) is 7.85. The van der Waals surface area contributed by atoms with Gasteiger partial charge in [0.15, 0.2) is 0 Å². The summed E-state index contributed by atoms with van der Waals surface area (Å²) in [6.45, 7) is 5.30. The molecule has 3 rings (SSSR count). The Bertz CT molecular complexity index is 857. The van der Waals surface area contributed by atoms with Crippen LogP contribution in [0, 0.1) is 0 Å². The zero-order chi connectivity index (χ0) is 20.7.